The van der Waals surface area contributed by atoms with Crippen LogP contribution < -0.4 is 15.0 Å². The number of nitrogens with zero attached hydrogens (tertiary/aromatic N) is 2. The highest BCUT2D eigenvalue weighted by molar-refractivity contribution is 7.80. The Labute approximate surface area is 205 Å². The van der Waals surface area contributed by atoms with Crippen molar-refractivity contribution in [1.29, 1.82) is 0 Å². The predicted octanol–water partition coefficient (Wildman–Crippen LogP) is 4.58. The number of thiocarbonyl (C=S) groups is 1. The maximum absolute atomic E-state index is 13.5. The number of anilines is 2. The van der Waals surface area contributed by atoms with Crippen molar-refractivity contribution in [3.63, 3.8) is 0 Å². The number of hydrogen-bond donors (Lipinski definition) is 1. The molecule has 3 aromatic rings. The molecule has 174 valence electrons. The van der Waals surface area contributed by atoms with Crippen LogP contribution in [0.15, 0.2) is 78.9 Å². The number of carbonyl (C=O) groups excluding carboxylic acids is 2. The predicted molar refractivity (Wildman–Crippen MR) is 138 cm³/mol. The third-order valence-electron chi connectivity index (χ3n) is 5.88. The lowest BCUT2D eigenvalue weighted by molar-refractivity contribution is -0.122. The van der Waals surface area contributed by atoms with Crippen molar-refractivity contribution in [3.8, 4) is 5.75 Å². The van der Waals surface area contributed by atoms with E-state index in [0.29, 0.717) is 35.2 Å². The first kappa shape index (κ1) is 23.4. The van der Waals surface area contributed by atoms with Gasteiger partial charge in [-0.25, -0.2) is 4.90 Å². The lowest BCUT2D eigenvalue weighted by Crippen LogP contribution is -2.48. The fourth-order valence-electron chi connectivity index (χ4n) is 4.05. The van der Waals surface area contributed by atoms with E-state index in [1.165, 1.54) is 4.90 Å². The van der Waals surface area contributed by atoms with Gasteiger partial charge >= 0.3 is 0 Å². The van der Waals surface area contributed by atoms with Gasteiger partial charge in [-0.3, -0.25) is 9.59 Å². The highest BCUT2D eigenvalue weighted by Gasteiger charge is 2.43. The average molecular weight is 474 g/mol. The molecule has 3 aromatic carbocycles. The molecule has 1 aliphatic heterocycles. The molecule has 0 aromatic heterocycles. The summed E-state index contributed by atoms with van der Waals surface area (Å²) in [5, 5.41) is 3.60. The Morgan fingerprint density at radius 2 is 1.71 bits per heavy atom. The second kappa shape index (κ2) is 10.5. The molecule has 0 aliphatic carbocycles. The SMILES string of the molecule is COc1ccccc1NC(=S)N(CCc1ccccc1)[C@H]1CC(=O)N(c2ccc(C)cc2)C1=O. The molecule has 0 unspecified atom stereocenters. The van der Waals surface area contributed by atoms with E-state index in [1.54, 1.807) is 19.2 Å². The van der Waals surface area contributed by atoms with Crippen LogP contribution >= 0.6 is 12.2 Å². The van der Waals surface area contributed by atoms with E-state index in [9.17, 15) is 9.59 Å². The van der Waals surface area contributed by atoms with Crippen molar-refractivity contribution in [2.24, 2.45) is 0 Å². The third kappa shape index (κ3) is 5.10. The van der Waals surface area contributed by atoms with Crippen molar-refractivity contribution in [3.05, 3.63) is 90.0 Å². The molecule has 0 bridgehead atoms. The average Bonchev–Trinajstić information content (AvgIpc) is 3.14. The molecular weight excluding hydrogens is 446 g/mol. The lowest BCUT2D eigenvalue weighted by Gasteiger charge is -2.30. The van der Waals surface area contributed by atoms with Gasteiger partial charge in [-0.15, -0.1) is 0 Å². The maximum Gasteiger partial charge on any atom is 0.257 e. The first-order valence-corrected chi connectivity index (χ1v) is 11.6. The number of ether oxygens (including phenoxy) is 1. The molecule has 1 saturated heterocycles. The summed E-state index contributed by atoms with van der Waals surface area (Å²) in [6, 6.07) is 24.1. The summed E-state index contributed by atoms with van der Waals surface area (Å²) in [7, 11) is 1.59. The van der Waals surface area contributed by atoms with Gasteiger partial charge in [0.2, 0.25) is 5.91 Å². The van der Waals surface area contributed by atoms with Gasteiger partial charge in [0.25, 0.3) is 5.91 Å². The van der Waals surface area contributed by atoms with Crippen molar-refractivity contribution >= 4 is 40.5 Å². The van der Waals surface area contributed by atoms with Gasteiger partial charge in [0.05, 0.1) is 24.9 Å². The van der Waals surface area contributed by atoms with E-state index in [-0.39, 0.29) is 18.2 Å². The van der Waals surface area contributed by atoms with E-state index < -0.39 is 6.04 Å². The number of nitrogens with one attached hydrogen (secondary N) is 1. The van der Waals surface area contributed by atoms with E-state index in [4.69, 9.17) is 17.0 Å². The summed E-state index contributed by atoms with van der Waals surface area (Å²) >= 11 is 5.76. The highest BCUT2D eigenvalue weighted by Crippen LogP contribution is 2.28. The molecule has 1 atom stereocenters. The van der Waals surface area contributed by atoms with Gasteiger partial charge in [0.15, 0.2) is 5.11 Å². The molecule has 0 spiro atoms. The van der Waals surface area contributed by atoms with Crippen LogP contribution in [-0.2, 0) is 16.0 Å². The van der Waals surface area contributed by atoms with Crippen LogP contribution in [0.1, 0.15) is 17.5 Å². The molecule has 1 N–H and O–H groups in total. The zero-order chi connectivity index (χ0) is 24.1. The number of carbonyl (C=O) groups is 2. The summed E-state index contributed by atoms with van der Waals surface area (Å²) in [4.78, 5) is 29.5. The summed E-state index contributed by atoms with van der Waals surface area (Å²) < 4.78 is 5.43. The monoisotopic (exact) mass is 473 g/mol. The number of hydrogen-bond acceptors (Lipinski definition) is 4. The minimum Gasteiger partial charge on any atom is -0.495 e. The minimum atomic E-state index is -0.688. The topological polar surface area (TPSA) is 61.9 Å². The molecule has 6 nitrogen and oxygen atoms in total. The van der Waals surface area contributed by atoms with Crippen LogP contribution in [0.25, 0.3) is 0 Å². The number of aryl methyl sites for hydroxylation is 1. The molecule has 2 amide bonds. The fraction of sp³-hybridized carbons (Fsp3) is 0.222. The number of methoxy groups -OCH3 is 1. The van der Waals surface area contributed by atoms with E-state index in [2.05, 4.69) is 5.32 Å². The minimum absolute atomic E-state index is 0.0647. The Morgan fingerprint density at radius 1 is 1.03 bits per heavy atom. The molecule has 1 fully saturated rings. The highest BCUT2D eigenvalue weighted by atomic mass is 32.1. The molecular formula is C27H27N3O3S. The van der Waals surface area contributed by atoms with Crippen LogP contribution in [0.3, 0.4) is 0 Å². The van der Waals surface area contributed by atoms with Gasteiger partial charge in [0.1, 0.15) is 11.8 Å². The van der Waals surface area contributed by atoms with Crippen LogP contribution in [0.2, 0.25) is 0 Å². The first-order chi connectivity index (χ1) is 16.5. The second-order valence-corrected chi connectivity index (χ2v) is 8.57. The zero-order valence-corrected chi connectivity index (χ0v) is 20.0. The Balaban J connectivity index is 1.60. The fourth-order valence-corrected chi connectivity index (χ4v) is 4.38. The number of rotatable bonds is 7. The van der Waals surface area contributed by atoms with E-state index in [1.807, 2.05) is 78.6 Å². The smallest absolute Gasteiger partial charge is 0.257 e. The molecule has 34 heavy (non-hydrogen) atoms. The van der Waals surface area contributed by atoms with E-state index >= 15 is 0 Å². The molecule has 4 rings (SSSR count). The summed E-state index contributed by atoms with van der Waals surface area (Å²) in [6.45, 7) is 2.45. The summed E-state index contributed by atoms with van der Waals surface area (Å²) in [5.41, 5.74) is 3.47. The van der Waals surface area contributed by atoms with Crippen LogP contribution in [0.5, 0.6) is 5.75 Å². The first-order valence-electron chi connectivity index (χ1n) is 11.2. The number of benzene rings is 3. The number of amides is 2. The zero-order valence-electron chi connectivity index (χ0n) is 19.2. The van der Waals surface area contributed by atoms with Crippen LogP contribution in [0.4, 0.5) is 11.4 Å². The third-order valence-corrected chi connectivity index (χ3v) is 6.22. The van der Waals surface area contributed by atoms with Crippen LogP contribution in [0, 0.1) is 6.92 Å². The van der Waals surface area contributed by atoms with Gasteiger partial charge in [-0.1, -0.05) is 60.2 Å². The molecule has 0 radical (unpaired) electrons. The maximum atomic E-state index is 13.5. The quantitative estimate of drug-likeness (QED) is 0.401. The molecule has 7 heteroatoms. The van der Waals surface area contributed by atoms with Crippen LogP contribution in [-0.4, -0.2) is 41.5 Å². The van der Waals surface area contributed by atoms with Gasteiger partial charge < -0.3 is 15.0 Å². The Bertz CT molecular complexity index is 1180. The largest absolute Gasteiger partial charge is 0.495 e. The van der Waals surface area contributed by atoms with Crippen molar-refractivity contribution in [2.75, 3.05) is 23.9 Å². The van der Waals surface area contributed by atoms with E-state index in [0.717, 1.165) is 11.1 Å². The van der Waals surface area contributed by atoms with Gasteiger partial charge in [-0.05, 0) is 55.4 Å². The van der Waals surface area contributed by atoms with Crippen molar-refractivity contribution < 1.29 is 14.3 Å². The normalized spacial score (nSPS) is 15.4. The second-order valence-electron chi connectivity index (χ2n) is 8.18. The van der Waals surface area contributed by atoms with Gasteiger partial charge in [-0.2, -0.15) is 0 Å². The summed E-state index contributed by atoms with van der Waals surface area (Å²) in [5.74, 6) is 0.137. The molecule has 1 heterocycles. The Morgan fingerprint density at radius 3 is 2.41 bits per heavy atom. The molecule has 1 aliphatic rings. The number of para-hydroxylation sites is 2. The summed E-state index contributed by atoms with van der Waals surface area (Å²) in [6.07, 6.45) is 0.742. The van der Waals surface area contributed by atoms with Crippen molar-refractivity contribution in [1.82, 2.24) is 4.90 Å². The Hall–Kier alpha value is -3.71. The van der Waals surface area contributed by atoms with Gasteiger partial charge in [0, 0.05) is 6.54 Å². The Kier molecular flexibility index (Phi) is 7.23. The molecule has 0 saturated carbocycles. The number of imide groups is 1. The standard InChI is InChI=1S/C27H27N3O3S/c1-19-12-14-21(15-13-19)30-25(31)18-23(26(30)32)29(17-16-20-8-4-3-5-9-20)27(34)28-22-10-6-7-11-24(22)33-2/h3-15,23H,16-18H2,1-2H3,(H,28,34)/t23-/m0/s1. The van der Waals surface area contributed by atoms with Crippen molar-refractivity contribution in [2.45, 2.75) is 25.8 Å². The lowest BCUT2D eigenvalue weighted by atomic mass is 10.1.